The molecule has 2 nitrogen and oxygen atoms in total. The molecule has 0 amide bonds. The third-order valence-corrected chi connectivity index (χ3v) is 18.2. The fourth-order valence-electron chi connectivity index (χ4n) is 9.57. The Morgan fingerprint density at radius 2 is 1.51 bits per heavy atom. The number of fused-ring (bicyclic) bond motifs is 5. The monoisotopic (exact) mass is 518 g/mol. The van der Waals surface area contributed by atoms with Crippen LogP contribution in [0.15, 0.2) is 25.3 Å². The predicted octanol–water partition coefficient (Wildman–Crippen LogP) is 9.20. The minimum Gasteiger partial charge on any atom is -0.455 e. The van der Waals surface area contributed by atoms with E-state index >= 15 is 0 Å². The zero-order valence-corrected chi connectivity index (χ0v) is 26.4. The van der Waals surface area contributed by atoms with Crippen molar-refractivity contribution in [3.8, 4) is 0 Å². The summed E-state index contributed by atoms with van der Waals surface area (Å²) in [6, 6.07) is 2.08. The van der Waals surface area contributed by atoms with E-state index in [9.17, 15) is 5.11 Å². The molecule has 4 rings (SSSR count). The van der Waals surface area contributed by atoms with E-state index in [1.54, 1.807) is 0 Å². The number of aliphatic hydroxyl groups is 1. The summed E-state index contributed by atoms with van der Waals surface area (Å²) in [5.74, 6) is 4.28. The molecular weight excluding hydrogens is 461 g/mol. The molecule has 202 valence electrons. The Hall–Kier alpha value is -0.166. The largest absolute Gasteiger partial charge is 0.455 e. The maximum absolute atomic E-state index is 11.2. The molecule has 0 aliphatic heterocycles. The number of aliphatic hydroxyl groups excluding tert-OH is 1. The van der Waals surface area contributed by atoms with Crippen LogP contribution in [0.1, 0.15) is 85.0 Å². The zero-order chi connectivity index (χ0) is 26.1. The molecular formula is C31H58O2Si2. The van der Waals surface area contributed by atoms with Gasteiger partial charge in [0.25, 0.3) is 0 Å². The normalized spacial score (nSPS) is 41.0. The Kier molecular flexibility index (Phi) is 9.48. The zero-order valence-electron chi connectivity index (χ0n) is 24.4. The second-order valence-corrected chi connectivity index (χ2v) is 23.0. The molecule has 0 aromatic carbocycles. The summed E-state index contributed by atoms with van der Waals surface area (Å²) in [5.41, 5.74) is 0.779. The highest BCUT2D eigenvalue weighted by atomic mass is 28.4. The van der Waals surface area contributed by atoms with E-state index < -0.39 is 16.6 Å². The van der Waals surface area contributed by atoms with Crippen molar-refractivity contribution in [3.63, 3.8) is 0 Å². The summed E-state index contributed by atoms with van der Waals surface area (Å²) >= 11 is 0. The lowest BCUT2D eigenvalue weighted by molar-refractivity contribution is -0.163. The third kappa shape index (κ3) is 5.96. The van der Waals surface area contributed by atoms with Crippen molar-refractivity contribution in [1.82, 2.24) is 0 Å². The third-order valence-electron chi connectivity index (χ3n) is 11.2. The van der Waals surface area contributed by atoms with Crippen molar-refractivity contribution in [2.24, 2.45) is 40.4 Å². The molecule has 4 aliphatic carbocycles. The first-order valence-electron chi connectivity index (χ1n) is 14.9. The smallest absolute Gasteiger partial charge is 0.177 e. The van der Waals surface area contributed by atoms with Gasteiger partial charge >= 0.3 is 0 Å². The first-order chi connectivity index (χ1) is 16.3. The molecule has 0 aromatic rings. The van der Waals surface area contributed by atoms with Gasteiger partial charge in [0.15, 0.2) is 16.6 Å². The summed E-state index contributed by atoms with van der Waals surface area (Å²) in [6.07, 6.45) is 17.8. The second-order valence-electron chi connectivity index (χ2n) is 14.3. The van der Waals surface area contributed by atoms with E-state index in [1.807, 2.05) is 12.2 Å². The standard InChI is InChI=1S/C21H36O.C10H22OSi2/c1-4-14-9-11-17-16-10-8-15-7-5-6-12-20(15,2)18(16)13-19(22)21(14,17)3;1-7-9-12(3,4)11-13(5,6)10-8-2/h14-19,22H,4-13H2,1-3H3;7-8H,1-2,9-10H2,3-6H3/t14-,15+,16-,17-,18-,19-,20-,21+;/m0./s1. The van der Waals surface area contributed by atoms with Crippen molar-refractivity contribution in [3.05, 3.63) is 25.3 Å². The summed E-state index contributed by atoms with van der Waals surface area (Å²) in [5, 5.41) is 11.2. The molecule has 0 saturated heterocycles. The van der Waals surface area contributed by atoms with Crippen molar-refractivity contribution in [1.29, 1.82) is 0 Å². The Labute approximate surface area is 220 Å². The lowest BCUT2D eigenvalue weighted by atomic mass is 9.44. The molecule has 0 spiro atoms. The molecule has 4 heteroatoms. The average Bonchev–Trinajstić information content (AvgIpc) is 3.11. The summed E-state index contributed by atoms with van der Waals surface area (Å²) in [4.78, 5) is 0. The van der Waals surface area contributed by atoms with Gasteiger partial charge in [0, 0.05) is 0 Å². The van der Waals surface area contributed by atoms with E-state index in [4.69, 9.17) is 4.12 Å². The van der Waals surface area contributed by atoms with Crippen LogP contribution in [0.4, 0.5) is 0 Å². The van der Waals surface area contributed by atoms with Gasteiger partial charge in [-0.1, -0.05) is 52.2 Å². The highest BCUT2D eigenvalue weighted by Crippen LogP contribution is 2.67. The van der Waals surface area contributed by atoms with E-state index in [0.29, 0.717) is 5.41 Å². The van der Waals surface area contributed by atoms with Crippen LogP contribution in [-0.4, -0.2) is 27.8 Å². The van der Waals surface area contributed by atoms with Crippen LogP contribution in [0.5, 0.6) is 0 Å². The van der Waals surface area contributed by atoms with Crippen LogP contribution < -0.4 is 0 Å². The molecule has 0 unspecified atom stereocenters. The molecule has 0 bridgehead atoms. The second kappa shape index (κ2) is 11.3. The first-order valence-corrected chi connectivity index (χ1v) is 21.2. The first kappa shape index (κ1) is 29.4. The van der Waals surface area contributed by atoms with Crippen molar-refractivity contribution < 1.29 is 9.22 Å². The molecule has 4 aliphatic rings. The Morgan fingerprint density at radius 3 is 2.09 bits per heavy atom. The number of hydrogen-bond donors (Lipinski definition) is 1. The van der Waals surface area contributed by atoms with Gasteiger partial charge < -0.3 is 9.22 Å². The van der Waals surface area contributed by atoms with Gasteiger partial charge in [-0.2, -0.15) is 0 Å². The fourth-order valence-corrected chi connectivity index (χ4v) is 17.6. The van der Waals surface area contributed by atoms with Gasteiger partial charge in [-0.25, -0.2) is 0 Å². The van der Waals surface area contributed by atoms with Gasteiger partial charge in [0.05, 0.1) is 6.10 Å². The van der Waals surface area contributed by atoms with Crippen molar-refractivity contribution in [2.45, 2.75) is 129 Å². The summed E-state index contributed by atoms with van der Waals surface area (Å²) in [6.45, 7) is 24.0. The van der Waals surface area contributed by atoms with Gasteiger partial charge in [-0.15, -0.1) is 13.2 Å². The maximum Gasteiger partial charge on any atom is 0.177 e. The Balaban J connectivity index is 0.000000228. The molecule has 8 atom stereocenters. The topological polar surface area (TPSA) is 29.5 Å². The van der Waals surface area contributed by atoms with E-state index in [-0.39, 0.29) is 11.5 Å². The van der Waals surface area contributed by atoms with Gasteiger partial charge in [0.2, 0.25) is 0 Å². The average molecular weight is 519 g/mol. The molecule has 0 aromatic heterocycles. The van der Waals surface area contributed by atoms with Gasteiger partial charge in [-0.3, -0.25) is 0 Å². The van der Waals surface area contributed by atoms with Gasteiger partial charge in [-0.05, 0) is 124 Å². The molecule has 1 N–H and O–H groups in total. The number of allylic oxidation sites excluding steroid dienone is 2. The SMILES string of the molecule is C=CC[Si](C)(C)O[Si](C)(C)CC=C.CC[C@H]1CC[C@H]2[C@@H]3CC[C@H]4CCCC[C@]4(C)[C@H]3C[C@H](O)[C@]12C. The molecule has 0 radical (unpaired) electrons. The highest BCUT2D eigenvalue weighted by molar-refractivity contribution is 6.85. The lowest BCUT2D eigenvalue weighted by Crippen LogP contribution is -2.57. The highest BCUT2D eigenvalue weighted by Gasteiger charge is 2.62. The molecule has 0 heterocycles. The van der Waals surface area contributed by atoms with E-state index in [2.05, 4.69) is 60.1 Å². The van der Waals surface area contributed by atoms with Crippen LogP contribution in [0.2, 0.25) is 38.3 Å². The van der Waals surface area contributed by atoms with E-state index in [0.717, 1.165) is 48.1 Å². The quantitative estimate of drug-likeness (QED) is 0.269. The minimum absolute atomic E-state index is 0.0382. The summed E-state index contributed by atoms with van der Waals surface area (Å²) in [7, 11) is -2.96. The van der Waals surface area contributed by atoms with Crippen LogP contribution in [0.3, 0.4) is 0 Å². The van der Waals surface area contributed by atoms with Crippen LogP contribution in [0, 0.1) is 40.4 Å². The maximum atomic E-state index is 11.2. The Bertz CT molecular complexity index is 713. The summed E-state index contributed by atoms with van der Waals surface area (Å²) < 4.78 is 6.24. The number of rotatable bonds is 7. The molecule has 35 heavy (non-hydrogen) atoms. The van der Waals surface area contributed by atoms with Crippen molar-refractivity contribution in [2.75, 3.05) is 0 Å². The van der Waals surface area contributed by atoms with Crippen LogP contribution in [-0.2, 0) is 4.12 Å². The fraction of sp³-hybridized carbons (Fsp3) is 0.871. The van der Waals surface area contributed by atoms with Gasteiger partial charge in [0.1, 0.15) is 0 Å². The lowest BCUT2D eigenvalue weighted by Gasteiger charge is -2.61. The van der Waals surface area contributed by atoms with Crippen molar-refractivity contribution >= 4 is 16.6 Å². The molecule has 4 saturated carbocycles. The van der Waals surface area contributed by atoms with E-state index in [1.165, 1.54) is 57.8 Å². The van der Waals surface area contributed by atoms with Crippen LogP contribution in [0.25, 0.3) is 0 Å². The number of hydrogen-bond acceptors (Lipinski definition) is 2. The predicted molar refractivity (Wildman–Crippen MR) is 158 cm³/mol. The Morgan fingerprint density at radius 1 is 0.886 bits per heavy atom. The van der Waals surface area contributed by atoms with Crippen LogP contribution >= 0.6 is 0 Å². The molecule has 4 fully saturated rings. The minimum atomic E-state index is -1.48.